The SMILES string of the molecule is O=S(c1cc(O)cc(Br)c1)c1cc(Br)ccc1O. The lowest BCUT2D eigenvalue weighted by Gasteiger charge is -2.06. The Bertz CT molecular complexity index is 608. The van der Waals surface area contributed by atoms with Crippen LogP contribution in [0.4, 0.5) is 0 Å². The Balaban J connectivity index is 2.51. The van der Waals surface area contributed by atoms with Crippen LogP contribution in [0.15, 0.2) is 55.1 Å². The fourth-order valence-corrected chi connectivity index (χ4v) is 3.77. The highest BCUT2D eigenvalue weighted by Crippen LogP contribution is 2.31. The Morgan fingerprint density at radius 1 is 0.944 bits per heavy atom. The van der Waals surface area contributed by atoms with Gasteiger partial charge in [-0.15, -0.1) is 0 Å². The van der Waals surface area contributed by atoms with E-state index in [0.29, 0.717) is 14.3 Å². The molecule has 0 bridgehead atoms. The third-order valence-corrected chi connectivity index (χ3v) is 4.53. The number of hydrogen-bond acceptors (Lipinski definition) is 3. The zero-order valence-electron chi connectivity index (χ0n) is 8.93. The summed E-state index contributed by atoms with van der Waals surface area (Å²) in [5, 5.41) is 19.2. The van der Waals surface area contributed by atoms with Crippen LogP contribution in [0.5, 0.6) is 11.5 Å². The van der Waals surface area contributed by atoms with E-state index < -0.39 is 10.8 Å². The van der Waals surface area contributed by atoms with Crippen LogP contribution < -0.4 is 0 Å². The molecule has 1 atom stereocenters. The molecule has 0 aliphatic carbocycles. The summed E-state index contributed by atoms with van der Waals surface area (Å²) in [5.74, 6) is -0.0294. The molecule has 0 radical (unpaired) electrons. The number of halogens is 2. The molecule has 0 aromatic heterocycles. The molecular weight excluding hydrogens is 384 g/mol. The quantitative estimate of drug-likeness (QED) is 0.818. The minimum Gasteiger partial charge on any atom is -0.508 e. The maximum absolute atomic E-state index is 12.3. The van der Waals surface area contributed by atoms with Crippen molar-refractivity contribution in [2.24, 2.45) is 0 Å². The number of phenolic OH excluding ortho intramolecular Hbond substituents is 2. The van der Waals surface area contributed by atoms with E-state index in [-0.39, 0.29) is 11.5 Å². The molecule has 0 amide bonds. The van der Waals surface area contributed by atoms with Gasteiger partial charge in [-0.1, -0.05) is 31.9 Å². The van der Waals surface area contributed by atoms with Crippen LogP contribution in [0, 0.1) is 0 Å². The van der Waals surface area contributed by atoms with Gasteiger partial charge in [-0.05, 0) is 36.4 Å². The molecule has 0 saturated heterocycles. The van der Waals surface area contributed by atoms with Gasteiger partial charge in [0, 0.05) is 13.8 Å². The Hall–Kier alpha value is -0.850. The number of hydrogen-bond donors (Lipinski definition) is 2. The second-order valence-corrected chi connectivity index (χ2v) is 6.81. The van der Waals surface area contributed by atoms with Gasteiger partial charge in [0.25, 0.3) is 0 Å². The first-order chi connectivity index (χ1) is 8.47. The molecule has 0 fully saturated rings. The summed E-state index contributed by atoms with van der Waals surface area (Å²) in [6.45, 7) is 0. The summed E-state index contributed by atoms with van der Waals surface area (Å²) in [5.41, 5.74) is 0. The lowest BCUT2D eigenvalue weighted by Crippen LogP contribution is -1.93. The first-order valence-corrected chi connectivity index (χ1v) is 7.61. The highest BCUT2D eigenvalue weighted by Gasteiger charge is 2.13. The number of phenols is 2. The van der Waals surface area contributed by atoms with Crippen molar-refractivity contribution in [3.8, 4) is 11.5 Å². The van der Waals surface area contributed by atoms with Crippen molar-refractivity contribution >= 4 is 42.7 Å². The van der Waals surface area contributed by atoms with Crippen molar-refractivity contribution in [2.75, 3.05) is 0 Å². The van der Waals surface area contributed by atoms with E-state index in [1.807, 2.05) is 0 Å². The Kier molecular flexibility index (Phi) is 4.09. The van der Waals surface area contributed by atoms with Gasteiger partial charge in [0.15, 0.2) is 0 Å². The van der Waals surface area contributed by atoms with Crippen LogP contribution in [0.25, 0.3) is 0 Å². The normalized spacial score (nSPS) is 12.3. The van der Waals surface area contributed by atoms with Crippen LogP contribution in [0.1, 0.15) is 0 Å². The first-order valence-electron chi connectivity index (χ1n) is 4.87. The maximum Gasteiger partial charge on any atom is 0.132 e. The standard InChI is InChI=1S/C12H8Br2O3S/c13-7-1-2-11(16)12(5-7)18(17)10-4-8(14)3-9(15)6-10/h1-6,15-16H. The average molecular weight is 392 g/mol. The monoisotopic (exact) mass is 390 g/mol. The van der Waals surface area contributed by atoms with Crippen molar-refractivity contribution in [2.45, 2.75) is 9.79 Å². The highest BCUT2D eigenvalue weighted by atomic mass is 79.9. The fraction of sp³-hybridized carbons (Fsp3) is 0. The topological polar surface area (TPSA) is 57.5 Å². The average Bonchev–Trinajstić information content (AvgIpc) is 2.30. The summed E-state index contributed by atoms with van der Waals surface area (Å²) in [6.07, 6.45) is 0. The van der Waals surface area contributed by atoms with E-state index in [1.54, 1.807) is 18.2 Å². The van der Waals surface area contributed by atoms with Crippen molar-refractivity contribution in [3.05, 3.63) is 45.3 Å². The molecule has 94 valence electrons. The Morgan fingerprint density at radius 2 is 1.67 bits per heavy atom. The zero-order chi connectivity index (χ0) is 13.3. The second-order valence-electron chi connectivity index (χ2n) is 3.53. The van der Waals surface area contributed by atoms with E-state index in [0.717, 1.165) is 4.47 Å². The molecule has 3 nitrogen and oxygen atoms in total. The van der Waals surface area contributed by atoms with E-state index >= 15 is 0 Å². The molecular formula is C12H8Br2O3S. The minimum atomic E-state index is -1.56. The largest absolute Gasteiger partial charge is 0.508 e. The van der Waals surface area contributed by atoms with Crippen LogP contribution in [-0.2, 0) is 10.8 Å². The fourth-order valence-electron chi connectivity index (χ4n) is 1.42. The van der Waals surface area contributed by atoms with Crippen molar-refractivity contribution < 1.29 is 14.4 Å². The van der Waals surface area contributed by atoms with Gasteiger partial charge in [-0.2, -0.15) is 0 Å². The predicted molar refractivity (Wildman–Crippen MR) is 76.3 cm³/mol. The lowest BCUT2D eigenvalue weighted by atomic mass is 10.3. The molecule has 18 heavy (non-hydrogen) atoms. The van der Waals surface area contributed by atoms with E-state index in [4.69, 9.17) is 0 Å². The molecule has 0 aliphatic rings. The number of aromatic hydroxyl groups is 2. The van der Waals surface area contributed by atoms with E-state index in [1.165, 1.54) is 18.2 Å². The summed E-state index contributed by atoms with van der Waals surface area (Å²) < 4.78 is 13.7. The molecule has 0 spiro atoms. The van der Waals surface area contributed by atoms with Gasteiger partial charge in [0.2, 0.25) is 0 Å². The third kappa shape index (κ3) is 2.93. The van der Waals surface area contributed by atoms with Crippen LogP contribution in [-0.4, -0.2) is 14.4 Å². The molecule has 0 heterocycles. The molecule has 0 saturated carbocycles. The Morgan fingerprint density at radius 3 is 2.33 bits per heavy atom. The molecule has 2 aromatic carbocycles. The van der Waals surface area contributed by atoms with Crippen LogP contribution >= 0.6 is 31.9 Å². The first kappa shape index (κ1) is 13.6. The van der Waals surface area contributed by atoms with Crippen LogP contribution in [0.2, 0.25) is 0 Å². The van der Waals surface area contributed by atoms with Gasteiger partial charge < -0.3 is 10.2 Å². The molecule has 1 unspecified atom stereocenters. The Labute approximate surface area is 123 Å². The third-order valence-electron chi connectivity index (χ3n) is 2.19. The van der Waals surface area contributed by atoms with Crippen molar-refractivity contribution in [1.29, 1.82) is 0 Å². The summed E-state index contributed by atoms with van der Waals surface area (Å²) in [6, 6.07) is 9.26. The molecule has 2 aromatic rings. The molecule has 2 N–H and O–H groups in total. The minimum absolute atomic E-state index is 0.0159. The number of benzene rings is 2. The maximum atomic E-state index is 12.3. The summed E-state index contributed by atoms with van der Waals surface area (Å²) >= 11 is 6.48. The van der Waals surface area contributed by atoms with Gasteiger partial charge in [-0.25, -0.2) is 4.21 Å². The molecule has 0 aliphatic heterocycles. The molecule has 2 rings (SSSR count). The smallest absolute Gasteiger partial charge is 0.132 e. The van der Waals surface area contributed by atoms with Crippen molar-refractivity contribution in [3.63, 3.8) is 0 Å². The van der Waals surface area contributed by atoms with Gasteiger partial charge in [0.05, 0.1) is 15.7 Å². The molecule has 6 heteroatoms. The van der Waals surface area contributed by atoms with E-state index in [2.05, 4.69) is 31.9 Å². The summed E-state index contributed by atoms with van der Waals surface area (Å²) in [4.78, 5) is 0.706. The van der Waals surface area contributed by atoms with Gasteiger partial charge >= 0.3 is 0 Å². The lowest BCUT2D eigenvalue weighted by molar-refractivity contribution is 0.460. The van der Waals surface area contributed by atoms with Crippen LogP contribution in [0.3, 0.4) is 0 Å². The number of rotatable bonds is 2. The second kappa shape index (κ2) is 5.42. The highest BCUT2D eigenvalue weighted by molar-refractivity contribution is 9.10. The zero-order valence-corrected chi connectivity index (χ0v) is 12.9. The van der Waals surface area contributed by atoms with Gasteiger partial charge in [-0.3, -0.25) is 0 Å². The summed E-state index contributed by atoms with van der Waals surface area (Å²) in [7, 11) is -1.56. The predicted octanol–water partition coefficient (Wildman–Crippen LogP) is 3.79. The van der Waals surface area contributed by atoms with E-state index in [9.17, 15) is 14.4 Å². The van der Waals surface area contributed by atoms with Gasteiger partial charge in [0.1, 0.15) is 11.5 Å². The van der Waals surface area contributed by atoms with Crippen molar-refractivity contribution in [1.82, 2.24) is 0 Å².